The predicted octanol–water partition coefficient (Wildman–Crippen LogP) is 2.34. The van der Waals surface area contributed by atoms with Gasteiger partial charge in [0.1, 0.15) is 6.04 Å². The second-order valence-electron chi connectivity index (χ2n) is 7.75. The Morgan fingerprint density at radius 3 is 1.97 bits per heavy atom. The zero-order valence-electron chi connectivity index (χ0n) is 18.1. The van der Waals surface area contributed by atoms with Crippen molar-refractivity contribution in [3.05, 3.63) is 59.1 Å². The van der Waals surface area contributed by atoms with Gasteiger partial charge in [-0.05, 0) is 50.2 Å². The molecule has 0 aromatic heterocycles. The Hall–Kier alpha value is -2.14. The summed E-state index contributed by atoms with van der Waals surface area (Å²) in [6.45, 7) is 4.02. The molecule has 2 aromatic carbocycles. The van der Waals surface area contributed by atoms with E-state index in [4.69, 9.17) is 11.6 Å². The summed E-state index contributed by atoms with van der Waals surface area (Å²) in [6.07, 6.45) is 1.04. The Bertz CT molecular complexity index is 1170. The molecule has 2 aromatic rings. The van der Waals surface area contributed by atoms with E-state index >= 15 is 0 Å². The van der Waals surface area contributed by atoms with Crippen molar-refractivity contribution < 1.29 is 21.6 Å². The maximum atomic E-state index is 13.1. The van der Waals surface area contributed by atoms with Gasteiger partial charge in [-0.3, -0.25) is 9.10 Å². The molecule has 0 unspecified atom stereocenters. The summed E-state index contributed by atoms with van der Waals surface area (Å²) in [5.41, 5.74) is 1.29. The van der Waals surface area contributed by atoms with Crippen LogP contribution < -0.4 is 4.31 Å². The number of benzene rings is 2. The highest BCUT2D eigenvalue weighted by Crippen LogP contribution is 2.25. The van der Waals surface area contributed by atoms with Crippen LogP contribution in [0.4, 0.5) is 5.69 Å². The molecule has 1 fully saturated rings. The minimum Gasteiger partial charge on any atom is -0.338 e. The Labute approximate surface area is 194 Å². The predicted molar refractivity (Wildman–Crippen MR) is 125 cm³/mol. The van der Waals surface area contributed by atoms with E-state index in [-0.39, 0.29) is 31.1 Å². The minimum absolute atomic E-state index is 0.133. The zero-order valence-corrected chi connectivity index (χ0v) is 20.5. The third kappa shape index (κ3) is 5.25. The lowest BCUT2D eigenvalue weighted by molar-refractivity contribution is -0.133. The lowest BCUT2D eigenvalue weighted by atomic mass is 10.2. The molecule has 1 saturated heterocycles. The normalized spacial score (nSPS) is 16.6. The van der Waals surface area contributed by atoms with Crippen LogP contribution in [0.15, 0.2) is 53.4 Å². The molecule has 0 radical (unpaired) electrons. The van der Waals surface area contributed by atoms with E-state index in [2.05, 4.69) is 0 Å². The van der Waals surface area contributed by atoms with Gasteiger partial charge in [0.05, 0.1) is 16.8 Å². The Morgan fingerprint density at radius 1 is 0.938 bits per heavy atom. The quantitative estimate of drug-likeness (QED) is 0.608. The maximum Gasteiger partial charge on any atom is 0.246 e. The van der Waals surface area contributed by atoms with Gasteiger partial charge < -0.3 is 4.90 Å². The number of rotatable bonds is 6. The number of amides is 1. The first-order chi connectivity index (χ1) is 14.9. The summed E-state index contributed by atoms with van der Waals surface area (Å²) in [4.78, 5) is 14.8. The number of piperazine rings is 1. The van der Waals surface area contributed by atoms with E-state index in [1.807, 2.05) is 6.92 Å². The van der Waals surface area contributed by atoms with Crippen LogP contribution in [0.2, 0.25) is 5.02 Å². The van der Waals surface area contributed by atoms with Crippen LogP contribution in [0, 0.1) is 6.92 Å². The standard InChI is InChI=1S/C21H26ClN3O5S2/c1-16-4-10-20(11-5-16)32(29,30)24-14-12-23(13-15-24)21(26)17(2)25(31(3,27)28)19-8-6-18(22)7-9-19/h4-11,17H,12-15H2,1-3H3/t17-/m1/s1. The summed E-state index contributed by atoms with van der Waals surface area (Å²) in [7, 11) is -7.41. The molecule has 1 aliphatic heterocycles. The molecule has 32 heavy (non-hydrogen) atoms. The third-order valence-electron chi connectivity index (χ3n) is 5.36. The Balaban J connectivity index is 1.73. The minimum atomic E-state index is -3.75. The smallest absolute Gasteiger partial charge is 0.246 e. The van der Waals surface area contributed by atoms with Gasteiger partial charge in [0, 0.05) is 31.2 Å². The highest BCUT2D eigenvalue weighted by Gasteiger charge is 2.35. The average molecular weight is 500 g/mol. The summed E-state index contributed by atoms with van der Waals surface area (Å²) in [5, 5.41) is 0.451. The van der Waals surface area contributed by atoms with Gasteiger partial charge in [0.2, 0.25) is 26.0 Å². The molecule has 1 atom stereocenters. The second kappa shape index (κ2) is 9.38. The van der Waals surface area contributed by atoms with E-state index < -0.39 is 32.0 Å². The van der Waals surface area contributed by atoms with Crippen LogP contribution >= 0.6 is 11.6 Å². The molecular formula is C21H26ClN3O5S2. The van der Waals surface area contributed by atoms with Crippen molar-refractivity contribution in [3.63, 3.8) is 0 Å². The number of nitrogens with zero attached hydrogens (tertiary/aromatic N) is 3. The molecule has 3 rings (SSSR count). The Morgan fingerprint density at radius 2 is 1.47 bits per heavy atom. The highest BCUT2D eigenvalue weighted by atomic mass is 35.5. The van der Waals surface area contributed by atoms with Gasteiger partial charge in [-0.25, -0.2) is 16.8 Å². The molecule has 0 aliphatic carbocycles. The molecule has 174 valence electrons. The van der Waals surface area contributed by atoms with E-state index in [1.165, 1.54) is 16.1 Å². The molecule has 1 amide bonds. The number of anilines is 1. The fourth-order valence-electron chi connectivity index (χ4n) is 3.66. The molecule has 0 N–H and O–H groups in total. The van der Waals surface area contributed by atoms with Crippen LogP contribution in [0.1, 0.15) is 12.5 Å². The molecule has 1 heterocycles. The molecule has 0 spiro atoms. The van der Waals surface area contributed by atoms with Crippen molar-refractivity contribution in [1.82, 2.24) is 9.21 Å². The van der Waals surface area contributed by atoms with E-state index in [9.17, 15) is 21.6 Å². The van der Waals surface area contributed by atoms with Gasteiger partial charge in [-0.15, -0.1) is 0 Å². The summed E-state index contributed by atoms with van der Waals surface area (Å²) < 4.78 is 53.1. The van der Waals surface area contributed by atoms with Crippen molar-refractivity contribution in [1.29, 1.82) is 0 Å². The summed E-state index contributed by atoms with van der Waals surface area (Å²) >= 11 is 5.90. The lowest BCUT2D eigenvalue weighted by Crippen LogP contribution is -2.56. The number of halogens is 1. The zero-order chi connectivity index (χ0) is 23.7. The number of aryl methyl sites for hydroxylation is 1. The van der Waals surface area contributed by atoms with Gasteiger partial charge in [0.15, 0.2) is 0 Å². The SMILES string of the molecule is Cc1ccc(S(=O)(=O)N2CCN(C(=O)[C@@H](C)N(c3ccc(Cl)cc3)S(C)(=O)=O)CC2)cc1. The largest absolute Gasteiger partial charge is 0.338 e. The first kappa shape index (κ1) is 24.5. The van der Waals surface area contributed by atoms with Crippen LogP contribution in [0.3, 0.4) is 0 Å². The fraction of sp³-hybridized carbons (Fsp3) is 0.381. The molecule has 0 saturated carbocycles. The van der Waals surface area contributed by atoms with Gasteiger partial charge in [-0.1, -0.05) is 29.3 Å². The fourth-order valence-corrected chi connectivity index (χ4v) is 6.38. The number of hydrogen-bond acceptors (Lipinski definition) is 5. The van der Waals surface area contributed by atoms with Crippen LogP contribution in [-0.2, 0) is 24.8 Å². The summed E-state index contributed by atoms with van der Waals surface area (Å²) in [5.74, 6) is -0.391. The lowest BCUT2D eigenvalue weighted by Gasteiger charge is -2.37. The van der Waals surface area contributed by atoms with Crippen molar-refractivity contribution in [2.24, 2.45) is 0 Å². The number of hydrogen-bond donors (Lipinski definition) is 0. The number of carbonyl (C=O) groups excluding carboxylic acids is 1. The summed E-state index contributed by atoms with van der Waals surface area (Å²) in [6, 6.07) is 11.8. The van der Waals surface area contributed by atoms with E-state index in [1.54, 1.807) is 48.5 Å². The molecule has 11 heteroatoms. The van der Waals surface area contributed by atoms with Gasteiger partial charge in [-0.2, -0.15) is 4.31 Å². The van der Waals surface area contributed by atoms with E-state index in [0.717, 1.165) is 16.1 Å². The van der Waals surface area contributed by atoms with Crippen molar-refractivity contribution in [3.8, 4) is 0 Å². The maximum absolute atomic E-state index is 13.1. The number of sulfonamides is 2. The first-order valence-corrected chi connectivity index (χ1v) is 13.7. The monoisotopic (exact) mass is 499 g/mol. The van der Waals surface area contributed by atoms with Crippen LogP contribution in [0.25, 0.3) is 0 Å². The average Bonchev–Trinajstić information content (AvgIpc) is 2.74. The van der Waals surface area contributed by atoms with Crippen molar-refractivity contribution in [2.75, 3.05) is 36.7 Å². The first-order valence-electron chi connectivity index (χ1n) is 10.0. The van der Waals surface area contributed by atoms with Gasteiger partial charge >= 0.3 is 0 Å². The third-order valence-corrected chi connectivity index (χ3v) is 8.76. The molecule has 8 nitrogen and oxygen atoms in total. The van der Waals surface area contributed by atoms with Crippen LogP contribution in [-0.4, -0.2) is 70.4 Å². The highest BCUT2D eigenvalue weighted by molar-refractivity contribution is 7.92. The van der Waals surface area contributed by atoms with Crippen molar-refractivity contribution >= 4 is 43.2 Å². The number of carbonyl (C=O) groups is 1. The Kier molecular flexibility index (Phi) is 7.18. The van der Waals surface area contributed by atoms with Crippen LogP contribution in [0.5, 0.6) is 0 Å². The topological polar surface area (TPSA) is 95.1 Å². The van der Waals surface area contributed by atoms with Crippen molar-refractivity contribution in [2.45, 2.75) is 24.8 Å². The van der Waals surface area contributed by atoms with E-state index in [0.29, 0.717) is 10.7 Å². The molecule has 1 aliphatic rings. The van der Waals surface area contributed by atoms with Gasteiger partial charge in [0.25, 0.3) is 0 Å². The molecule has 0 bridgehead atoms. The second-order valence-corrected chi connectivity index (χ2v) is 12.0. The molecular weight excluding hydrogens is 474 g/mol.